The number of ether oxygens (including phenoxy) is 2. The minimum Gasteiger partial charge on any atom is -0.490 e. The summed E-state index contributed by atoms with van der Waals surface area (Å²) >= 11 is 0. The molecule has 19 heavy (non-hydrogen) atoms. The smallest absolute Gasteiger partial charge is 0.258 e. The highest BCUT2D eigenvalue weighted by Gasteiger charge is 2.17. The molecule has 1 aromatic carbocycles. The lowest BCUT2D eigenvalue weighted by Gasteiger charge is -2.18. The standard InChI is InChI=1S/C14H22N2O3/c1-4-16-9-11-7-6-8-12(18-5-2)13(11)19-10(3)14(15)17/h6-8,10,16H,4-5,9H2,1-3H3,(H2,15,17). The number of amides is 1. The normalized spacial score (nSPS) is 11.9. The van der Waals surface area contributed by atoms with Crippen molar-refractivity contribution < 1.29 is 14.3 Å². The molecule has 0 saturated heterocycles. The summed E-state index contributed by atoms with van der Waals surface area (Å²) in [5, 5.41) is 3.23. The second-order valence-corrected chi connectivity index (χ2v) is 4.12. The Morgan fingerprint density at radius 1 is 1.42 bits per heavy atom. The Balaban J connectivity index is 3.01. The summed E-state index contributed by atoms with van der Waals surface area (Å²) in [5.74, 6) is 0.711. The van der Waals surface area contributed by atoms with Gasteiger partial charge in [0.1, 0.15) is 0 Å². The lowest BCUT2D eigenvalue weighted by atomic mass is 10.1. The van der Waals surface area contributed by atoms with Crippen molar-refractivity contribution in [1.29, 1.82) is 0 Å². The van der Waals surface area contributed by atoms with Crippen molar-refractivity contribution in [2.24, 2.45) is 5.73 Å². The van der Waals surface area contributed by atoms with Crippen LogP contribution in [0.15, 0.2) is 18.2 Å². The molecule has 1 rings (SSSR count). The Kier molecular flexibility index (Phi) is 6.15. The number of benzene rings is 1. The van der Waals surface area contributed by atoms with Gasteiger partial charge in [0.25, 0.3) is 5.91 Å². The van der Waals surface area contributed by atoms with Crippen LogP contribution in [0.25, 0.3) is 0 Å². The quantitative estimate of drug-likeness (QED) is 0.747. The van der Waals surface area contributed by atoms with E-state index in [0.717, 1.165) is 12.1 Å². The van der Waals surface area contributed by atoms with E-state index < -0.39 is 12.0 Å². The summed E-state index contributed by atoms with van der Waals surface area (Å²) in [6, 6.07) is 5.66. The molecule has 0 aliphatic carbocycles. The van der Waals surface area contributed by atoms with Gasteiger partial charge in [-0.3, -0.25) is 4.79 Å². The van der Waals surface area contributed by atoms with Gasteiger partial charge < -0.3 is 20.5 Å². The number of hydrogen-bond donors (Lipinski definition) is 2. The minimum atomic E-state index is -0.693. The predicted molar refractivity (Wildman–Crippen MR) is 74.3 cm³/mol. The second kappa shape index (κ2) is 7.63. The fourth-order valence-corrected chi connectivity index (χ4v) is 1.60. The van der Waals surface area contributed by atoms with Crippen LogP contribution >= 0.6 is 0 Å². The Morgan fingerprint density at radius 2 is 2.16 bits per heavy atom. The number of nitrogens with one attached hydrogen (secondary N) is 1. The molecule has 0 aromatic heterocycles. The molecule has 0 aliphatic rings. The summed E-state index contributed by atoms with van der Waals surface area (Å²) in [6.07, 6.45) is -0.693. The molecule has 0 heterocycles. The van der Waals surface area contributed by atoms with Crippen LogP contribution in [0.2, 0.25) is 0 Å². The van der Waals surface area contributed by atoms with Gasteiger partial charge in [-0.2, -0.15) is 0 Å². The Hall–Kier alpha value is -1.75. The second-order valence-electron chi connectivity index (χ2n) is 4.12. The largest absolute Gasteiger partial charge is 0.490 e. The van der Waals surface area contributed by atoms with Crippen LogP contribution in [0, 0.1) is 0 Å². The molecular weight excluding hydrogens is 244 g/mol. The van der Waals surface area contributed by atoms with Gasteiger partial charge in [-0.05, 0) is 26.5 Å². The molecule has 0 spiro atoms. The summed E-state index contributed by atoms with van der Waals surface area (Å²) in [5.41, 5.74) is 6.18. The average Bonchev–Trinajstić information content (AvgIpc) is 2.39. The van der Waals surface area contributed by atoms with Gasteiger partial charge in [0.05, 0.1) is 6.61 Å². The molecule has 1 atom stereocenters. The Bertz CT molecular complexity index is 421. The van der Waals surface area contributed by atoms with Crippen LogP contribution < -0.4 is 20.5 Å². The molecule has 1 amide bonds. The summed E-state index contributed by atoms with van der Waals surface area (Å²) < 4.78 is 11.2. The van der Waals surface area contributed by atoms with Gasteiger partial charge in [0.15, 0.2) is 17.6 Å². The first-order valence-electron chi connectivity index (χ1n) is 6.51. The third-order valence-corrected chi connectivity index (χ3v) is 2.62. The van der Waals surface area contributed by atoms with Crippen LogP contribution in [0.4, 0.5) is 0 Å². The minimum absolute atomic E-state index is 0.499. The molecule has 0 bridgehead atoms. The van der Waals surface area contributed by atoms with Crippen LogP contribution in [0.5, 0.6) is 11.5 Å². The van der Waals surface area contributed by atoms with E-state index in [1.807, 2.05) is 32.0 Å². The number of carbonyl (C=O) groups excluding carboxylic acids is 1. The highest BCUT2D eigenvalue weighted by Crippen LogP contribution is 2.32. The third kappa shape index (κ3) is 4.44. The summed E-state index contributed by atoms with van der Waals surface area (Å²) in [7, 11) is 0. The molecule has 0 saturated carbocycles. The van der Waals surface area contributed by atoms with Gasteiger partial charge in [-0.15, -0.1) is 0 Å². The number of rotatable bonds is 8. The number of primary amides is 1. The molecule has 1 unspecified atom stereocenters. The first-order valence-corrected chi connectivity index (χ1v) is 6.51. The van der Waals surface area contributed by atoms with Crippen LogP contribution in [-0.4, -0.2) is 25.2 Å². The highest BCUT2D eigenvalue weighted by atomic mass is 16.5. The molecule has 0 aliphatic heterocycles. The number of para-hydroxylation sites is 1. The van der Waals surface area contributed by atoms with Crippen LogP contribution in [0.3, 0.4) is 0 Å². The van der Waals surface area contributed by atoms with Crippen molar-refractivity contribution in [2.45, 2.75) is 33.4 Å². The Labute approximate surface area is 114 Å². The molecule has 1 aromatic rings. The lowest BCUT2D eigenvalue weighted by Crippen LogP contribution is -2.31. The molecule has 106 valence electrons. The van der Waals surface area contributed by atoms with Crippen LogP contribution in [0.1, 0.15) is 26.3 Å². The maximum Gasteiger partial charge on any atom is 0.258 e. The van der Waals surface area contributed by atoms with E-state index in [-0.39, 0.29) is 0 Å². The summed E-state index contributed by atoms with van der Waals surface area (Å²) in [6.45, 7) is 7.59. The number of hydrogen-bond acceptors (Lipinski definition) is 4. The SMILES string of the molecule is CCNCc1cccc(OCC)c1OC(C)C(N)=O. The van der Waals surface area contributed by atoms with E-state index in [1.54, 1.807) is 6.92 Å². The maximum atomic E-state index is 11.1. The predicted octanol–water partition coefficient (Wildman–Crippen LogP) is 1.45. The van der Waals surface area contributed by atoms with E-state index in [1.165, 1.54) is 0 Å². The van der Waals surface area contributed by atoms with Crippen LogP contribution in [-0.2, 0) is 11.3 Å². The maximum absolute atomic E-state index is 11.1. The van der Waals surface area contributed by atoms with E-state index in [9.17, 15) is 4.79 Å². The zero-order valence-electron chi connectivity index (χ0n) is 11.7. The highest BCUT2D eigenvalue weighted by molar-refractivity contribution is 5.78. The molecular formula is C14H22N2O3. The molecule has 3 N–H and O–H groups in total. The molecule has 0 fully saturated rings. The van der Waals surface area contributed by atoms with Crippen molar-refractivity contribution in [3.05, 3.63) is 23.8 Å². The monoisotopic (exact) mass is 266 g/mol. The summed E-state index contributed by atoms with van der Waals surface area (Å²) in [4.78, 5) is 11.1. The lowest BCUT2D eigenvalue weighted by molar-refractivity contribution is -0.124. The van der Waals surface area contributed by atoms with E-state index in [2.05, 4.69) is 5.32 Å². The fraction of sp³-hybridized carbons (Fsp3) is 0.500. The zero-order valence-corrected chi connectivity index (χ0v) is 11.7. The molecule has 5 nitrogen and oxygen atoms in total. The number of nitrogens with two attached hydrogens (primary N) is 1. The van der Waals surface area contributed by atoms with Crippen molar-refractivity contribution >= 4 is 5.91 Å². The van der Waals surface area contributed by atoms with Gasteiger partial charge >= 0.3 is 0 Å². The topological polar surface area (TPSA) is 73.6 Å². The van der Waals surface area contributed by atoms with Crippen molar-refractivity contribution in [3.8, 4) is 11.5 Å². The zero-order chi connectivity index (χ0) is 14.3. The van der Waals surface area contributed by atoms with Crippen molar-refractivity contribution in [3.63, 3.8) is 0 Å². The Morgan fingerprint density at radius 3 is 2.74 bits per heavy atom. The molecule has 5 heteroatoms. The van der Waals surface area contributed by atoms with Crippen molar-refractivity contribution in [2.75, 3.05) is 13.2 Å². The van der Waals surface area contributed by atoms with Gasteiger partial charge in [-0.1, -0.05) is 19.1 Å². The first-order chi connectivity index (χ1) is 9.10. The number of carbonyl (C=O) groups is 1. The van der Waals surface area contributed by atoms with E-state index in [4.69, 9.17) is 15.2 Å². The van der Waals surface area contributed by atoms with Gasteiger partial charge in [0, 0.05) is 12.1 Å². The van der Waals surface area contributed by atoms with Crippen molar-refractivity contribution in [1.82, 2.24) is 5.32 Å². The fourth-order valence-electron chi connectivity index (χ4n) is 1.60. The van der Waals surface area contributed by atoms with E-state index in [0.29, 0.717) is 24.7 Å². The third-order valence-electron chi connectivity index (χ3n) is 2.62. The molecule has 0 radical (unpaired) electrons. The first kappa shape index (κ1) is 15.3. The van der Waals surface area contributed by atoms with Gasteiger partial charge in [0.2, 0.25) is 0 Å². The van der Waals surface area contributed by atoms with E-state index >= 15 is 0 Å². The van der Waals surface area contributed by atoms with Gasteiger partial charge in [-0.25, -0.2) is 0 Å². The average molecular weight is 266 g/mol.